The Bertz CT molecular complexity index is 806. The van der Waals surface area contributed by atoms with Crippen LogP contribution < -0.4 is 0 Å². The van der Waals surface area contributed by atoms with Gasteiger partial charge in [-0.05, 0) is 70.6 Å². The van der Waals surface area contributed by atoms with Crippen molar-refractivity contribution in [3.63, 3.8) is 0 Å². The van der Waals surface area contributed by atoms with Gasteiger partial charge in [-0.3, -0.25) is 19.2 Å². The number of carboxylic acids is 2. The highest BCUT2D eigenvalue weighted by Crippen LogP contribution is 2.32. The van der Waals surface area contributed by atoms with Crippen LogP contribution in [0.3, 0.4) is 0 Å². The van der Waals surface area contributed by atoms with Gasteiger partial charge in [-0.15, -0.1) is 0 Å². The Hall–Kier alpha value is -2.24. The zero-order valence-electron chi connectivity index (χ0n) is 30.6. The molecule has 272 valence electrons. The van der Waals surface area contributed by atoms with Crippen molar-refractivity contribution in [1.82, 2.24) is 0 Å². The number of carbonyl (C=O) groups is 4. The van der Waals surface area contributed by atoms with Crippen molar-refractivity contribution in [3.05, 3.63) is 24.3 Å². The Morgan fingerprint density at radius 2 is 0.723 bits per heavy atom. The van der Waals surface area contributed by atoms with E-state index in [0.29, 0.717) is 12.8 Å². The molecule has 6 heteroatoms. The molecule has 0 aliphatic carbocycles. The highest BCUT2D eigenvalue weighted by molar-refractivity contribution is 6.22. The zero-order chi connectivity index (χ0) is 34.9. The van der Waals surface area contributed by atoms with Gasteiger partial charge in [0, 0.05) is 19.3 Å². The SMILES string of the molecule is CCCCCCCC/C=C\CCCCCCCC(=O)C(CCC(=O)O)(C(=O)O)C(=O)CCCCCCC/C=C\CCCCCCCC. The van der Waals surface area contributed by atoms with E-state index in [9.17, 15) is 29.4 Å². The summed E-state index contributed by atoms with van der Waals surface area (Å²) < 4.78 is 0. The average Bonchev–Trinajstić information content (AvgIpc) is 3.04. The van der Waals surface area contributed by atoms with E-state index in [1.165, 1.54) is 77.0 Å². The summed E-state index contributed by atoms with van der Waals surface area (Å²) in [6.45, 7) is 4.47. The van der Waals surface area contributed by atoms with Gasteiger partial charge in [-0.25, -0.2) is 0 Å². The first-order valence-corrected chi connectivity index (χ1v) is 19.6. The van der Waals surface area contributed by atoms with Gasteiger partial charge in [0.25, 0.3) is 0 Å². The Balaban J connectivity index is 4.37. The van der Waals surface area contributed by atoms with Crippen molar-refractivity contribution in [2.45, 2.75) is 206 Å². The van der Waals surface area contributed by atoms with E-state index in [1.54, 1.807) is 0 Å². The monoisotopic (exact) mass is 661 g/mol. The van der Waals surface area contributed by atoms with Gasteiger partial charge < -0.3 is 10.2 Å². The normalized spacial score (nSPS) is 12.0. The van der Waals surface area contributed by atoms with E-state index in [2.05, 4.69) is 38.2 Å². The molecule has 0 bridgehead atoms. The first-order chi connectivity index (χ1) is 22.8. The fourth-order valence-corrected chi connectivity index (χ4v) is 6.21. The first kappa shape index (κ1) is 44.8. The summed E-state index contributed by atoms with van der Waals surface area (Å²) >= 11 is 0. The standard InChI is InChI=1S/C41H72O6/c1-3-5-7-9-11-13-15-17-19-21-23-25-27-29-31-33-37(42)41(40(46)47,36-35-39(44)45)38(43)34-32-30-28-26-24-22-20-18-16-14-12-10-8-6-4-2/h17-20H,3-16,21-36H2,1-2H3,(H,44,45)(H,46,47)/b19-17-,20-18-. The van der Waals surface area contributed by atoms with Crippen molar-refractivity contribution in [2.24, 2.45) is 5.41 Å². The van der Waals surface area contributed by atoms with Crippen LogP contribution in [-0.2, 0) is 19.2 Å². The van der Waals surface area contributed by atoms with E-state index in [0.717, 1.165) is 77.0 Å². The minimum atomic E-state index is -2.24. The molecule has 0 heterocycles. The van der Waals surface area contributed by atoms with E-state index in [1.807, 2.05) is 0 Å². The van der Waals surface area contributed by atoms with E-state index < -0.39 is 41.8 Å². The Kier molecular flexibility index (Phi) is 30.8. The van der Waals surface area contributed by atoms with Crippen LogP contribution in [0.25, 0.3) is 0 Å². The first-order valence-electron chi connectivity index (χ1n) is 19.6. The molecule has 0 saturated heterocycles. The molecule has 0 saturated carbocycles. The lowest BCUT2D eigenvalue weighted by Crippen LogP contribution is -2.46. The third-order valence-corrected chi connectivity index (χ3v) is 9.36. The minimum Gasteiger partial charge on any atom is -0.481 e. The maximum Gasteiger partial charge on any atom is 0.324 e. The molecule has 0 rings (SSSR count). The highest BCUT2D eigenvalue weighted by Gasteiger charge is 2.51. The fourth-order valence-electron chi connectivity index (χ4n) is 6.21. The molecule has 0 aliphatic rings. The predicted octanol–water partition coefficient (Wildman–Crippen LogP) is 12.1. The second-order valence-electron chi connectivity index (χ2n) is 13.6. The third kappa shape index (κ3) is 24.5. The van der Waals surface area contributed by atoms with Crippen LogP contribution >= 0.6 is 0 Å². The summed E-state index contributed by atoms with van der Waals surface area (Å²) in [5.41, 5.74) is -2.24. The number of rotatable bonds is 36. The summed E-state index contributed by atoms with van der Waals surface area (Å²) in [5.74, 6) is -3.93. The van der Waals surface area contributed by atoms with Crippen LogP contribution in [0.4, 0.5) is 0 Å². The van der Waals surface area contributed by atoms with Crippen LogP contribution in [-0.4, -0.2) is 33.7 Å². The number of carboxylic acid groups (broad SMARTS) is 2. The molecule has 2 N–H and O–H groups in total. The van der Waals surface area contributed by atoms with Crippen molar-refractivity contribution in [1.29, 1.82) is 0 Å². The number of allylic oxidation sites excluding steroid dienone is 4. The van der Waals surface area contributed by atoms with E-state index in [4.69, 9.17) is 0 Å². The zero-order valence-corrected chi connectivity index (χ0v) is 30.6. The molecule has 0 fully saturated rings. The van der Waals surface area contributed by atoms with Crippen LogP contribution in [0.1, 0.15) is 206 Å². The largest absolute Gasteiger partial charge is 0.481 e. The van der Waals surface area contributed by atoms with E-state index >= 15 is 0 Å². The molecule has 0 aromatic heterocycles. The van der Waals surface area contributed by atoms with Gasteiger partial charge in [-0.2, -0.15) is 0 Å². The van der Waals surface area contributed by atoms with Crippen molar-refractivity contribution in [2.75, 3.05) is 0 Å². The molecule has 0 amide bonds. The molecule has 6 nitrogen and oxygen atoms in total. The van der Waals surface area contributed by atoms with Crippen LogP contribution in [0.15, 0.2) is 24.3 Å². The Morgan fingerprint density at radius 1 is 0.426 bits per heavy atom. The van der Waals surface area contributed by atoms with Gasteiger partial charge in [0.1, 0.15) is 0 Å². The van der Waals surface area contributed by atoms with Crippen molar-refractivity contribution < 1.29 is 29.4 Å². The number of Topliss-reactive ketones (excluding diaryl/α,β-unsaturated/α-hetero) is 2. The summed E-state index contributed by atoms with van der Waals surface area (Å²) in [5, 5.41) is 19.3. The maximum atomic E-state index is 13.2. The molecule has 0 unspecified atom stereocenters. The highest BCUT2D eigenvalue weighted by atomic mass is 16.4. The van der Waals surface area contributed by atoms with Crippen molar-refractivity contribution >= 4 is 23.5 Å². The molecular weight excluding hydrogens is 588 g/mol. The number of ketones is 2. The molecule has 47 heavy (non-hydrogen) atoms. The maximum absolute atomic E-state index is 13.2. The number of hydrogen-bond acceptors (Lipinski definition) is 4. The summed E-state index contributed by atoms with van der Waals surface area (Å²) in [4.78, 5) is 50.2. The second kappa shape index (κ2) is 32.3. The molecule has 0 aliphatic heterocycles. The van der Waals surface area contributed by atoms with Gasteiger partial charge in [0.2, 0.25) is 0 Å². The Morgan fingerprint density at radius 3 is 1.02 bits per heavy atom. The quantitative estimate of drug-likeness (QED) is 0.0393. The predicted molar refractivity (Wildman–Crippen MR) is 196 cm³/mol. The average molecular weight is 661 g/mol. The van der Waals surface area contributed by atoms with Crippen LogP contribution in [0.5, 0.6) is 0 Å². The van der Waals surface area contributed by atoms with Gasteiger partial charge in [0.15, 0.2) is 17.0 Å². The van der Waals surface area contributed by atoms with Gasteiger partial charge in [-0.1, -0.05) is 141 Å². The van der Waals surface area contributed by atoms with Crippen LogP contribution in [0, 0.1) is 5.41 Å². The lowest BCUT2D eigenvalue weighted by molar-refractivity contribution is -0.161. The third-order valence-electron chi connectivity index (χ3n) is 9.36. The molecular formula is C41H72O6. The fraction of sp³-hybridized carbons (Fsp3) is 0.805. The van der Waals surface area contributed by atoms with E-state index in [-0.39, 0.29) is 12.8 Å². The lowest BCUT2D eigenvalue weighted by Gasteiger charge is -2.26. The smallest absolute Gasteiger partial charge is 0.324 e. The lowest BCUT2D eigenvalue weighted by atomic mass is 9.72. The number of hydrogen-bond donors (Lipinski definition) is 2. The minimum absolute atomic E-state index is 0.00218. The molecule has 0 aromatic carbocycles. The number of unbranched alkanes of at least 4 members (excludes halogenated alkanes) is 22. The Labute approximate surface area is 288 Å². The summed E-state index contributed by atoms with van der Waals surface area (Å²) in [6, 6.07) is 0. The molecule has 0 aromatic rings. The summed E-state index contributed by atoms with van der Waals surface area (Å²) in [6.07, 6.45) is 37.1. The topological polar surface area (TPSA) is 109 Å². The molecule has 0 atom stereocenters. The molecule has 0 radical (unpaired) electrons. The van der Waals surface area contributed by atoms with Crippen molar-refractivity contribution in [3.8, 4) is 0 Å². The summed E-state index contributed by atoms with van der Waals surface area (Å²) in [7, 11) is 0. The van der Waals surface area contributed by atoms with Gasteiger partial charge in [0.05, 0.1) is 0 Å². The second-order valence-corrected chi connectivity index (χ2v) is 13.6. The number of aliphatic carboxylic acids is 2. The molecule has 0 spiro atoms. The van der Waals surface area contributed by atoms with Crippen LogP contribution in [0.2, 0.25) is 0 Å². The number of carbonyl (C=O) groups excluding carboxylic acids is 2. The van der Waals surface area contributed by atoms with Gasteiger partial charge >= 0.3 is 11.9 Å².